The van der Waals surface area contributed by atoms with Crippen molar-refractivity contribution in [3.63, 3.8) is 0 Å². The first-order valence-corrected chi connectivity index (χ1v) is 5.00. The first-order valence-electron chi connectivity index (χ1n) is 4.62. The molecule has 90 valence electrons. The lowest BCUT2D eigenvalue weighted by Crippen LogP contribution is -2.15. The molecule has 0 aromatic heterocycles. The minimum atomic E-state index is -4.52. The third-order valence-electron chi connectivity index (χ3n) is 2.00. The zero-order valence-electron chi connectivity index (χ0n) is 8.46. The molecule has 1 N–H and O–H groups in total. The van der Waals surface area contributed by atoms with Crippen molar-refractivity contribution in [3.8, 4) is 0 Å². The molecule has 0 radical (unpaired) electrons. The summed E-state index contributed by atoms with van der Waals surface area (Å²) in [4.78, 5) is 0. The quantitative estimate of drug-likeness (QED) is 0.814. The maximum atomic E-state index is 13.4. The molecule has 0 aliphatic heterocycles. The summed E-state index contributed by atoms with van der Waals surface area (Å²) in [5.41, 5.74) is -1.02. The van der Waals surface area contributed by atoms with Gasteiger partial charge in [0, 0.05) is 12.1 Å². The van der Waals surface area contributed by atoms with Gasteiger partial charge >= 0.3 is 6.18 Å². The third kappa shape index (κ3) is 3.09. The monoisotopic (exact) mass is 255 g/mol. The van der Waals surface area contributed by atoms with Crippen molar-refractivity contribution < 1.29 is 17.6 Å². The van der Waals surface area contributed by atoms with E-state index in [0.29, 0.717) is 12.6 Å². The molecule has 0 unspecified atom stereocenters. The van der Waals surface area contributed by atoms with Crippen molar-refractivity contribution in [1.82, 2.24) is 5.32 Å². The molecule has 0 fully saturated rings. The zero-order valence-corrected chi connectivity index (χ0v) is 9.21. The molecule has 1 nitrogen and oxygen atoms in total. The number of hydrogen-bond acceptors (Lipinski definition) is 1. The molecule has 0 spiro atoms. The van der Waals surface area contributed by atoms with Crippen molar-refractivity contribution >= 4 is 11.6 Å². The van der Waals surface area contributed by atoms with Crippen LogP contribution >= 0.6 is 11.6 Å². The van der Waals surface area contributed by atoms with Crippen LogP contribution in [0.5, 0.6) is 0 Å². The van der Waals surface area contributed by atoms with Crippen LogP contribution in [0.3, 0.4) is 0 Å². The van der Waals surface area contributed by atoms with Gasteiger partial charge in [-0.1, -0.05) is 18.5 Å². The van der Waals surface area contributed by atoms with Crippen molar-refractivity contribution in [3.05, 3.63) is 34.1 Å². The van der Waals surface area contributed by atoms with Gasteiger partial charge in [-0.05, 0) is 18.7 Å². The van der Waals surface area contributed by atoms with E-state index in [4.69, 9.17) is 11.6 Å². The molecule has 0 saturated carbocycles. The highest BCUT2D eigenvalue weighted by Gasteiger charge is 2.32. The maximum absolute atomic E-state index is 13.4. The Morgan fingerprint density at radius 3 is 2.44 bits per heavy atom. The minimum absolute atomic E-state index is 0.0198. The molecule has 0 atom stereocenters. The Morgan fingerprint density at radius 1 is 1.31 bits per heavy atom. The SMILES string of the molecule is CCNCc1cc(C(F)(F)F)cc(Cl)c1F. The summed E-state index contributed by atoms with van der Waals surface area (Å²) in [5, 5.41) is 2.23. The molecule has 6 heteroatoms. The van der Waals surface area contributed by atoms with Gasteiger partial charge in [0.25, 0.3) is 0 Å². The van der Waals surface area contributed by atoms with Crippen LogP contribution in [0.2, 0.25) is 5.02 Å². The van der Waals surface area contributed by atoms with Gasteiger partial charge < -0.3 is 5.32 Å². The highest BCUT2D eigenvalue weighted by Crippen LogP contribution is 2.33. The predicted octanol–water partition coefficient (Wildman–Crippen LogP) is 3.61. The summed E-state index contributed by atoms with van der Waals surface area (Å²) >= 11 is 5.40. The third-order valence-corrected chi connectivity index (χ3v) is 2.27. The first-order chi connectivity index (χ1) is 7.36. The molecule has 0 saturated heterocycles. The number of hydrogen-bond donors (Lipinski definition) is 1. The van der Waals surface area contributed by atoms with Crippen LogP contribution in [0, 0.1) is 5.82 Å². The maximum Gasteiger partial charge on any atom is 0.416 e. The van der Waals surface area contributed by atoms with Crippen LogP contribution in [0.25, 0.3) is 0 Å². The van der Waals surface area contributed by atoms with Crippen LogP contribution in [0.4, 0.5) is 17.6 Å². The van der Waals surface area contributed by atoms with Crippen LogP contribution in [-0.4, -0.2) is 6.54 Å². The summed E-state index contributed by atoms with van der Waals surface area (Å²) in [6, 6.07) is 1.36. The van der Waals surface area contributed by atoms with E-state index in [0.717, 1.165) is 6.07 Å². The van der Waals surface area contributed by atoms with E-state index in [-0.39, 0.29) is 12.1 Å². The lowest BCUT2D eigenvalue weighted by molar-refractivity contribution is -0.137. The molecular weight excluding hydrogens is 246 g/mol. The van der Waals surface area contributed by atoms with Gasteiger partial charge in [-0.3, -0.25) is 0 Å². The standard InChI is InChI=1S/C10H10ClF4N/c1-2-16-5-6-3-7(10(13,14)15)4-8(11)9(6)12/h3-4,16H,2,5H2,1H3. The van der Waals surface area contributed by atoms with Crippen LogP contribution < -0.4 is 5.32 Å². The minimum Gasteiger partial charge on any atom is -0.313 e. The Morgan fingerprint density at radius 2 is 1.94 bits per heavy atom. The predicted molar refractivity (Wildman–Crippen MR) is 53.8 cm³/mol. The highest BCUT2D eigenvalue weighted by molar-refractivity contribution is 6.30. The Balaban J connectivity index is 3.12. The van der Waals surface area contributed by atoms with Gasteiger partial charge in [0.15, 0.2) is 0 Å². The average Bonchev–Trinajstić information content (AvgIpc) is 2.18. The van der Waals surface area contributed by atoms with E-state index in [2.05, 4.69) is 5.32 Å². The number of benzene rings is 1. The van der Waals surface area contributed by atoms with Gasteiger partial charge in [0.1, 0.15) is 5.82 Å². The van der Waals surface area contributed by atoms with Crippen LogP contribution in [0.1, 0.15) is 18.1 Å². The molecule has 0 bridgehead atoms. The Labute approximate surface area is 95.4 Å². The summed E-state index contributed by atoms with van der Waals surface area (Å²) < 4.78 is 50.6. The fourth-order valence-corrected chi connectivity index (χ4v) is 1.44. The van der Waals surface area contributed by atoms with E-state index in [9.17, 15) is 17.6 Å². The number of nitrogens with one attached hydrogen (secondary N) is 1. The molecule has 16 heavy (non-hydrogen) atoms. The lowest BCUT2D eigenvalue weighted by atomic mass is 10.1. The fraction of sp³-hybridized carbons (Fsp3) is 0.400. The topological polar surface area (TPSA) is 12.0 Å². The van der Waals surface area contributed by atoms with Gasteiger partial charge in [-0.15, -0.1) is 0 Å². The Hall–Kier alpha value is -0.810. The zero-order chi connectivity index (χ0) is 12.3. The fourth-order valence-electron chi connectivity index (χ4n) is 1.20. The number of alkyl halides is 3. The summed E-state index contributed by atoms with van der Waals surface area (Å²) in [5.74, 6) is -0.810. The summed E-state index contributed by atoms with van der Waals surface area (Å²) in [6.45, 7) is 2.33. The van der Waals surface area contributed by atoms with E-state index in [1.807, 2.05) is 0 Å². The van der Waals surface area contributed by atoms with E-state index in [1.54, 1.807) is 6.92 Å². The van der Waals surface area contributed by atoms with E-state index >= 15 is 0 Å². The number of rotatable bonds is 3. The Kier molecular flexibility index (Phi) is 4.15. The molecule has 0 aliphatic rings. The second-order valence-corrected chi connectivity index (χ2v) is 3.62. The molecule has 1 aromatic rings. The van der Waals surface area contributed by atoms with Crippen molar-refractivity contribution in [1.29, 1.82) is 0 Å². The molecule has 0 heterocycles. The van der Waals surface area contributed by atoms with Crippen LogP contribution in [0.15, 0.2) is 12.1 Å². The van der Waals surface area contributed by atoms with Gasteiger partial charge in [0.2, 0.25) is 0 Å². The second kappa shape index (κ2) is 5.01. The Bertz CT molecular complexity index is 376. The van der Waals surface area contributed by atoms with E-state index in [1.165, 1.54) is 0 Å². The smallest absolute Gasteiger partial charge is 0.313 e. The van der Waals surface area contributed by atoms with Crippen molar-refractivity contribution in [2.75, 3.05) is 6.54 Å². The van der Waals surface area contributed by atoms with Gasteiger partial charge in [-0.2, -0.15) is 13.2 Å². The summed E-state index contributed by atoms with van der Waals surface area (Å²) in [7, 11) is 0. The van der Waals surface area contributed by atoms with Crippen molar-refractivity contribution in [2.45, 2.75) is 19.6 Å². The van der Waals surface area contributed by atoms with Gasteiger partial charge in [-0.25, -0.2) is 4.39 Å². The molecule has 0 amide bonds. The number of halogens is 5. The largest absolute Gasteiger partial charge is 0.416 e. The van der Waals surface area contributed by atoms with Crippen LogP contribution in [-0.2, 0) is 12.7 Å². The average molecular weight is 256 g/mol. The van der Waals surface area contributed by atoms with Gasteiger partial charge in [0.05, 0.1) is 10.6 Å². The second-order valence-electron chi connectivity index (χ2n) is 3.21. The molecule has 1 aromatic carbocycles. The highest BCUT2D eigenvalue weighted by atomic mass is 35.5. The lowest BCUT2D eigenvalue weighted by Gasteiger charge is -2.11. The molecule has 1 rings (SSSR count). The van der Waals surface area contributed by atoms with Crippen molar-refractivity contribution in [2.24, 2.45) is 0 Å². The summed E-state index contributed by atoms with van der Waals surface area (Å²) in [6.07, 6.45) is -4.52. The normalized spacial score (nSPS) is 11.9. The van der Waals surface area contributed by atoms with E-state index < -0.39 is 22.6 Å². The molecule has 0 aliphatic carbocycles. The first kappa shape index (κ1) is 13.3. The molecular formula is C10H10ClF4N.